The molecule has 0 aliphatic heterocycles. The number of aromatic nitrogens is 2. The maximum atomic E-state index is 5.87. The van der Waals surface area contributed by atoms with Gasteiger partial charge < -0.3 is 11.1 Å². The van der Waals surface area contributed by atoms with E-state index in [-0.39, 0.29) is 0 Å². The highest BCUT2D eigenvalue weighted by Crippen LogP contribution is 2.30. The molecule has 0 aliphatic rings. The van der Waals surface area contributed by atoms with Crippen LogP contribution in [0.15, 0.2) is 28.7 Å². The number of para-hydroxylation sites is 2. The van der Waals surface area contributed by atoms with Crippen LogP contribution in [-0.2, 0) is 7.05 Å². The third kappa shape index (κ3) is 1.90. The summed E-state index contributed by atoms with van der Waals surface area (Å²) in [6, 6.07) is 7.64. The molecule has 16 heavy (non-hydrogen) atoms. The minimum absolute atomic E-state index is 0.716. The molecular weight excluding hydrogens is 268 g/mol. The van der Waals surface area contributed by atoms with E-state index in [0.717, 1.165) is 21.7 Å². The average molecular weight is 281 g/mol. The second-order valence-corrected chi connectivity index (χ2v) is 4.38. The minimum Gasteiger partial charge on any atom is -0.397 e. The minimum atomic E-state index is 0.716. The molecule has 0 bridgehead atoms. The predicted octanol–water partition coefficient (Wildman–Crippen LogP) is 2.82. The molecule has 0 radical (unpaired) electrons. The van der Waals surface area contributed by atoms with Gasteiger partial charge in [-0.1, -0.05) is 12.1 Å². The van der Waals surface area contributed by atoms with Crippen LogP contribution in [0.25, 0.3) is 0 Å². The molecule has 0 saturated carbocycles. The summed E-state index contributed by atoms with van der Waals surface area (Å²) in [4.78, 5) is 0. The third-order valence-electron chi connectivity index (χ3n) is 2.36. The van der Waals surface area contributed by atoms with Crippen LogP contribution < -0.4 is 11.1 Å². The van der Waals surface area contributed by atoms with Crippen LogP contribution in [0.5, 0.6) is 0 Å². The van der Waals surface area contributed by atoms with Gasteiger partial charge in [-0.25, -0.2) is 0 Å². The van der Waals surface area contributed by atoms with Crippen LogP contribution in [0, 0.1) is 6.92 Å². The van der Waals surface area contributed by atoms with Gasteiger partial charge in [-0.15, -0.1) is 0 Å². The number of hydrogen-bond donors (Lipinski definition) is 2. The van der Waals surface area contributed by atoms with Crippen molar-refractivity contribution in [3.8, 4) is 0 Å². The van der Waals surface area contributed by atoms with E-state index in [2.05, 4.69) is 26.3 Å². The van der Waals surface area contributed by atoms with Crippen molar-refractivity contribution in [3.63, 3.8) is 0 Å². The van der Waals surface area contributed by atoms with Crippen LogP contribution in [0.1, 0.15) is 5.69 Å². The van der Waals surface area contributed by atoms with Gasteiger partial charge in [0.15, 0.2) is 0 Å². The average Bonchev–Trinajstić information content (AvgIpc) is 2.48. The molecule has 2 aromatic rings. The number of rotatable bonds is 2. The summed E-state index contributed by atoms with van der Waals surface area (Å²) in [6.07, 6.45) is 0. The van der Waals surface area contributed by atoms with Gasteiger partial charge in [-0.05, 0) is 35.0 Å². The molecule has 1 aromatic heterocycles. The highest BCUT2D eigenvalue weighted by molar-refractivity contribution is 9.10. The summed E-state index contributed by atoms with van der Waals surface area (Å²) < 4.78 is 2.74. The van der Waals surface area contributed by atoms with E-state index < -0.39 is 0 Å². The van der Waals surface area contributed by atoms with E-state index in [4.69, 9.17) is 5.73 Å². The molecule has 1 aromatic carbocycles. The van der Waals surface area contributed by atoms with E-state index in [9.17, 15) is 0 Å². The van der Waals surface area contributed by atoms with Gasteiger partial charge in [0.05, 0.1) is 21.5 Å². The zero-order valence-corrected chi connectivity index (χ0v) is 10.7. The zero-order chi connectivity index (χ0) is 11.7. The molecule has 2 rings (SSSR count). The van der Waals surface area contributed by atoms with Crippen LogP contribution >= 0.6 is 15.9 Å². The Morgan fingerprint density at radius 2 is 2.06 bits per heavy atom. The molecule has 4 nitrogen and oxygen atoms in total. The van der Waals surface area contributed by atoms with E-state index in [1.807, 2.05) is 38.2 Å². The molecule has 0 amide bonds. The molecule has 3 N–H and O–H groups in total. The molecule has 0 aliphatic carbocycles. The fraction of sp³-hybridized carbons (Fsp3) is 0.182. The van der Waals surface area contributed by atoms with Crippen molar-refractivity contribution in [2.75, 3.05) is 11.1 Å². The Hall–Kier alpha value is -1.49. The van der Waals surface area contributed by atoms with E-state index in [1.165, 1.54) is 0 Å². The lowest BCUT2D eigenvalue weighted by Crippen LogP contribution is -2.01. The Balaban J connectivity index is 2.38. The van der Waals surface area contributed by atoms with E-state index >= 15 is 0 Å². The number of nitrogens with one attached hydrogen (secondary N) is 1. The number of anilines is 3. The van der Waals surface area contributed by atoms with Crippen molar-refractivity contribution in [3.05, 3.63) is 34.4 Å². The summed E-state index contributed by atoms with van der Waals surface area (Å²) in [6.45, 7) is 1.95. The van der Waals surface area contributed by atoms with Crippen molar-refractivity contribution in [1.82, 2.24) is 9.78 Å². The fourth-order valence-corrected chi connectivity index (χ4v) is 1.94. The quantitative estimate of drug-likeness (QED) is 0.832. The van der Waals surface area contributed by atoms with Crippen LogP contribution in [-0.4, -0.2) is 9.78 Å². The van der Waals surface area contributed by atoms with Crippen molar-refractivity contribution >= 4 is 33.1 Å². The maximum absolute atomic E-state index is 5.87. The highest BCUT2D eigenvalue weighted by atomic mass is 79.9. The van der Waals surface area contributed by atoms with Gasteiger partial charge in [0.1, 0.15) is 5.82 Å². The van der Waals surface area contributed by atoms with E-state index in [0.29, 0.717) is 5.69 Å². The number of hydrogen-bond acceptors (Lipinski definition) is 3. The van der Waals surface area contributed by atoms with Crippen molar-refractivity contribution < 1.29 is 0 Å². The molecular formula is C11H13BrN4. The lowest BCUT2D eigenvalue weighted by atomic mass is 10.2. The first-order chi connectivity index (χ1) is 7.59. The summed E-state index contributed by atoms with van der Waals surface area (Å²) in [7, 11) is 1.89. The number of nitrogens with zero attached hydrogens (tertiary/aromatic N) is 2. The maximum Gasteiger partial charge on any atom is 0.143 e. The van der Waals surface area contributed by atoms with Crippen molar-refractivity contribution in [2.45, 2.75) is 6.92 Å². The SMILES string of the molecule is Cc1nn(C)c(Nc2ccccc2N)c1Br. The Labute approximate surface area is 103 Å². The molecule has 0 unspecified atom stereocenters. The molecule has 5 heteroatoms. The van der Waals surface area contributed by atoms with Crippen LogP contribution in [0.2, 0.25) is 0 Å². The number of benzene rings is 1. The van der Waals surface area contributed by atoms with Crippen molar-refractivity contribution in [2.24, 2.45) is 7.05 Å². The van der Waals surface area contributed by atoms with Gasteiger partial charge >= 0.3 is 0 Å². The molecule has 0 atom stereocenters. The van der Waals surface area contributed by atoms with Crippen LogP contribution in [0.3, 0.4) is 0 Å². The first kappa shape index (κ1) is 11.0. The molecule has 0 saturated heterocycles. The van der Waals surface area contributed by atoms with Crippen molar-refractivity contribution in [1.29, 1.82) is 0 Å². The van der Waals surface area contributed by atoms with Gasteiger partial charge in [0.2, 0.25) is 0 Å². The molecule has 1 heterocycles. The topological polar surface area (TPSA) is 55.9 Å². The lowest BCUT2D eigenvalue weighted by molar-refractivity contribution is 0.765. The second-order valence-electron chi connectivity index (χ2n) is 3.58. The number of nitrogens with two attached hydrogens (primary N) is 1. The zero-order valence-electron chi connectivity index (χ0n) is 9.16. The van der Waals surface area contributed by atoms with Gasteiger partial charge in [-0.3, -0.25) is 4.68 Å². The standard InChI is InChI=1S/C11H13BrN4/c1-7-10(12)11(16(2)15-7)14-9-6-4-3-5-8(9)13/h3-6,14H,13H2,1-2H3. The monoisotopic (exact) mass is 280 g/mol. The van der Waals surface area contributed by atoms with Gasteiger partial charge in [0, 0.05) is 7.05 Å². The Morgan fingerprint density at radius 1 is 1.38 bits per heavy atom. The Kier molecular flexibility index (Phi) is 2.87. The second kappa shape index (κ2) is 4.17. The first-order valence-electron chi connectivity index (χ1n) is 4.90. The third-order valence-corrected chi connectivity index (χ3v) is 3.31. The number of nitrogen functional groups attached to an aromatic ring is 1. The summed E-state index contributed by atoms with van der Waals surface area (Å²) >= 11 is 3.50. The summed E-state index contributed by atoms with van der Waals surface area (Å²) in [5.41, 5.74) is 8.41. The van der Waals surface area contributed by atoms with Gasteiger partial charge in [-0.2, -0.15) is 5.10 Å². The largest absolute Gasteiger partial charge is 0.397 e. The van der Waals surface area contributed by atoms with E-state index in [1.54, 1.807) is 4.68 Å². The van der Waals surface area contributed by atoms with Gasteiger partial charge in [0.25, 0.3) is 0 Å². The smallest absolute Gasteiger partial charge is 0.143 e. The molecule has 0 fully saturated rings. The number of halogens is 1. The summed E-state index contributed by atoms with van der Waals surface area (Å²) in [5.74, 6) is 0.899. The fourth-order valence-electron chi connectivity index (χ4n) is 1.51. The lowest BCUT2D eigenvalue weighted by Gasteiger charge is -2.09. The Bertz CT molecular complexity index is 519. The molecule has 84 valence electrons. The van der Waals surface area contributed by atoms with Crippen LogP contribution in [0.4, 0.5) is 17.2 Å². The summed E-state index contributed by atoms with van der Waals surface area (Å²) in [5, 5.41) is 7.56. The first-order valence-corrected chi connectivity index (χ1v) is 5.69. The highest BCUT2D eigenvalue weighted by Gasteiger charge is 2.11. The number of aryl methyl sites for hydroxylation is 2. The molecule has 0 spiro atoms. The Morgan fingerprint density at radius 3 is 2.62 bits per heavy atom. The normalized spacial score (nSPS) is 10.4. The predicted molar refractivity (Wildman–Crippen MR) is 69.8 cm³/mol.